The molecule has 2 aliphatic rings. The number of para-hydroxylation sites is 1. The number of ether oxygens (including phenoxy) is 1. The molecule has 10 heteroatoms. The van der Waals surface area contributed by atoms with Crippen molar-refractivity contribution < 1.29 is 14.3 Å². The highest BCUT2D eigenvalue weighted by Crippen LogP contribution is 2.37. The van der Waals surface area contributed by atoms with Gasteiger partial charge in [-0.3, -0.25) is 4.79 Å². The summed E-state index contributed by atoms with van der Waals surface area (Å²) >= 11 is 1.45. The number of fused-ring (bicyclic) bond motifs is 1. The molecule has 2 unspecified atom stereocenters. The normalized spacial score (nSPS) is 20.3. The van der Waals surface area contributed by atoms with E-state index in [1.165, 1.54) is 16.1 Å². The average Bonchev–Trinajstić information content (AvgIpc) is 3.59. The molecular formula is C22H24N6O3S. The second-order valence-corrected chi connectivity index (χ2v) is 8.76. The molecule has 1 amide bonds. The predicted octanol–water partition coefficient (Wildman–Crippen LogP) is 2.64. The minimum absolute atomic E-state index is 0.0189. The Morgan fingerprint density at radius 2 is 1.94 bits per heavy atom. The van der Waals surface area contributed by atoms with Crippen LogP contribution in [0, 0.1) is 5.92 Å². The summed E-state index contributed by atoms with van der Waals surface area (Å²) in [5, 5.41) is 10.9. The highest BCUT2D eigenvalue weighted by Gasteiger charge is 2.41. The highest BCUT2D eigenvalue weighted by molar-refractivity contribution is 7.13. The van der Waals surface area contributed by atoms with Gasteiger partial charge < -0.3 is 14.5 Å². The summed E-state index contributed by atoms with van der Waals surface area (Å²) in [5.41, 5.74) is 1.61. The number of hydrogen-bond donors (Lipinski definition) is 0. The van der Waals surface area contributed by atoms with Crippen LogP contribution in [0.25, 0.3) is 5.69 Å². The molecule has 9 nitrogen and oxygen atoms in total. The van der Waals surface area contributed by atoms with Crippen molar-refractivity contribution in [2.45, 2.75) is 25.8 Å². The summed E-state index contributed by atoms with van der Waals surface area (Å²) in [7, 11) is 0. The average molecular weight is 453 g/mol. The van der Waals surface area contributed by atoms with Crippen LogP contribution in [-0.2, 0) is 4.74 Å². The van der Waals surface area contributed by atoms with Crippen molar-refractivity contribution in [1.82, 2.24) is 24.9 Å². The van der Waals surface area contributed by atoms with Crippen molar-refractivity contribution in [3.8, 4) is 5.69 Å². The van der Waals surface area contributed by atoms with Crippen LogP contribution in [0.2, 0.25) is 0 Å². The number of piperidine rings is 1. The minimum Gasteiger partial charge on any atom is -0.461 e. The number of anilines is 1. The van der Waals surface area contributed by atoms with Gasteiger partial charge in [0.2, 0.25) is 0 Å². The van der Waals surface area contributed by atoms with E-state index in [-0.39, 0.29) is 11.9 Å². The molecule has 0 bridgehead atoms. The molecule has 2 aliphatic heterocycles. The van der Waals surface area contributed by atoms with Crippen molar-refractivity contribution in [2.24, 2.45) is 5.92 Å². The molecule has 2 fully saturated rings. The highest BCUT2D eigenvalue weighted by atomic mass is 32.1. The van der Waals surface area contributed by atoms with E-state index in [1.807, 2.05) is 29.2 Å². The minimum atomic E-state index is -0.393. The SMILES string of the molecule is CCOC(=O)c1csc(N2CCC3CCN(C(=O)c4ccccc4-n4nccn4)CC32)n1. The number of likely N-dealkylation sites (tertiary alicyclic amines) is 1. The molecule has 2 aromatic heterocycles. The maximum Gasteiger partial charge on any atom is 0.357 e. The molecule has 5 rings (SSSR count). The van der Waals surface area contributed by atoms with Crippen LogP contribution < -0.4 is 4.90 Å². The molecule has 4 heterocycles. The first kappa shape index (κ1) is 20.6. The van der Waals surface area contributed by atoms with Gasteiger partial charge in [0.05, 0.1) is 36.3 Å². The molecule has 0 spiro atoms. The van der Waals surface area contributed by atoms with Gasteiger partial charge in [-0.25, -0.2) is 9.78 Å². The van der Waals surface area contributed by atoms with Crippen LogP contribution in [0.4, 0.5) is 5.13 Å². The van der Waals surface area contributed by atoms with Gasteiger partial charge in [0, 0.05) is 25.0 Å². The first-order valence-corrected chi connectivity index (χ1v) is 11.7. The summed E-state index contributed by atoms with van der Waals surface area (Å²) in [4.78, 5) is 35.7. The second-order valence-electron chi connectivity index (χ2n) is 7.92. The standard InChI is InChI=1S/C22H24N6O3S/c1-2-31-21(30)17-14-32-22(25-17)27-12-8-15-7-11-26(13-19(15)27)20(29)16-5-3-4-6-18(16)28-23-9-10-24-28/h3-6,9-10,14-15,19H,2,7-8,11-13H2,1H3. The van der Waals surface area contributed by atoms with Crippen LogP contribution in [0.5, 0.6) is 0 Å². The largest absolute Gasteiger partial charge is 0.461 e. The van der Waals surface area contributed by atoms with Crippen molar-refractivity contribution in [3.63, 3.8) is 0 Å². The van der Waals surface area contributed by atoms with E-state index in [1.54, 1.807) is 24.7 Å². The molecule has 0 radical (unpaired) electrons. The van der Waals surface area contributed by atoms with Crippen LogP contribution in [0.1, 0.15) is 40.6 Å². The molecule has 1 aromatic carbocycles. The van der Waals surface area contributed by atoms with Crippen molar-refractivity contribution >= 4 is 28.3 Å². The topological polar surface area (TPSA) is 93.5 Å². The summed E-state index contributed by atoms with van der Waals surface area (Å²) < 4.78 is 5.07. The van der Waals surface area contributed by atoms with Crippen molar-refractivity contribution in [1.29, 1.82) is 0 Å². The van der Waals surface area contributed by atoms with E-state index in [0.717, 1.165) is 31.1 Å². The predicted molar refractivity (Wildman–Crippen MR) is 119 cm³/mol. The summed E-state index contributed by atoms with van der Waals surface area (Å²) in [6.45, 7) is 4.33. The lowest BCUT2D eigenvalue weighted by Crippen LogP contribution is -2.50. The molecule has 2 atom stereocenters. The van der Waals surface area contributed by atoms with Gasteiger partial charge in [-0.15, -0.1) is 11.3 Å². The molecule has 0 saturated carbocycles. The van der Waals surface area contributed by atoms with Gasteiger partial charge in [0.15, 0.2) is 10.8 Å². The number of benzene rings is 1. The molecule has 32 heavy (non-hydrogen) atoms. The molecule has 3 aromatic rings. The molecular weight excluding hydrogens is 428 g/mol. The zero-order valence-electron chi connectivity index (χ0n) is 17.8. The maximum atomic E-state index is 13.5. The van der Waals surface area contributed by atoms with E-state index >= 15 is 0 Å². The lowest BCUT2D eigenvalue weighted by Gasteiger charge is -2.38. The number of rotatable bonds is 5. The summed E-state index contributed by atoms with van der Waals surface area (Å²) in [5.74, 6) is 0.0987. The third-order valence-electron chi connectivity index (χ3n) is 6.14. The number of carbonyl (C=O) groups is 2. The molecule has 0 aliphatic carbocycles. The van der Waals surface area contributed by atoms with Crippen molar-refractivity contribution in [2.75, 3.05) is 31.1 Å². The fourth-order valence-corrected chi connectivity index (χ4v) is 5.48. The Hall–Kier alpha value is -3.27. The Labute approximate surface area is 189 Å². The molecule has 0 N–H and O–H groups in total. The van der Waals surface area contributed by atoms with Crippen LogP contribution in [0.15, 0.2) is 42.0 Å². The van der Waals surface area contributed by atoms with Gasteiger partial charge in [0.25, 0.3) is 5.91 Å². The third-order valence-corrected chi connectivity index (χ3v) is 7.02. The Kier molecular flexibility index (Phi) is 5.60. The monoisotopic (exact) mass is 452 g/mol. The number of thiazole rings is 1. The van der Waals surface area contributed by atoms with E-state index in [9.17, 15) is 9.59 Å². The smallest absolute Gasteiger partial charge is 0.357 e. The Bertz CT molecular complexity index is 1110. The lowest BCUT2D eigenvalue weighted by atomic mass is 9.92. The molecule has 166 valence electrons. The van der Waals surface area contributed by atoms with Crippen LogP contribution in [-0.4, -0.2) is 69.0 Å². The number of esters is 1. The summed E-state index contributed by atoms with van der Waals surface area (Å²) in [6, 6.07) is 7.61. The first-order valence-electron chi connectivity index (χ1n) is 10.8. The van der Waals surface area contributed by atoms with E-state index in [4.69, 9.17) is 4.74 Å². The van der Waals surface area contributed by atoms with Gasteiger partial charge in [-0.2, -0.15) is 15.0 Å². The second kappa shape index (κ2) is 8.70. The summed E-state index contributed by atoms with van der Waals surface area (Å²) in [6.07, 6.45) is 5.21. The number of amides is 1. The number of hydrogen-bond acceptors (Lipinski definition) is 8. The maximum absolute atomic E-state index is 13.5. The zero-order valence-corrected chi connectivity index (χ0v) is 18.6. The zero-order chi connectivity index (χ0) is 22.1. The lowest BCUT2D eigenvalue weighted by molar-refractivity contribution is 0.0520. The van der Waals surface area contributed by atoms with Crippen molar-refractivity contribution in [3.05, 3.63) is 53.3 Å². The first-order chi connectivity index (χ1) is 15.7. The van der Waals surface area contributed by atoms with E-state index in [0.29, 0.717) is 36.0 Å². The van der Waals surface area contributed by atoms with E-state index < -0.39 is 5.97 Å². The van der Waals surface area contributed by atoms with Gasteiger partial charge in [0.1, 0.15) is 0 Å². The van der Waals surface area contributed by atoms with Crippen LogP contribution in [0.3, 0.4) is 0 Å². The molecule has 2 saturated heterocycles. The fourth-order valence-electron chi connectivity index (χ4n) is 4.60. The fraction of sp³-hybridized carbons (Fsp3) is 0.409. The van der Waals surface area contributed by atoms with Gasteiger partial charge in [-0.1, -0.05) is 12.1 Å². The van der Waals surface area contributed by atoms with Gasteiger partial charge >= 0.3 is 5.97 Å². The number of nitrogens with zero attached hydrogens (tertiary/aromatic N) is 6. The van der Waals surface area contributed by atoms with Gasteiger partial charge in [-0.05, 0) is 37.8 Å². The Morgan fingerprint density at radius 3 is 2.75 bits per heavy atom. The number of aromatic nitrogens is 4. The van der Waals surface area contributed by atoms with E-state index in [2.05, 4.69) is 20.1 Å². The Balaban J connectivity index is 1.35. The quantitative estimate of drug-likeness (QED) is 0.550. The number of carbonyl (C=O) groups excluding carboxylic acids is 2. The third kappa shape index (κ3) is 3.75. The van der Waals surface area contributed by atoms with Crippen LogP contribution >= 0.6 is 11.3 Å². The Morgan fingerprint density at radius 1 is 1.16 bits per heavy atom.